The minimum absolute atomic E-state index is 0. The van der Waals surface area contributed by atoms with Crippen LogP contribution in [0.5, 0.6) is 5.75 Å². The topological polar surface area (TPSA) is 71.7 Å². The zero-order chi connectivity index (χ0) is 20.8. The normalized spacial score (nSPS) is 14.5. The van der Waals surface area contributed by atoms with E-state index in [1.807, 2.05) is 66.4 Å². The van der Waals surface area contributed by atoms with Gasteiger partial charge in [-0.05, 0) is 49.7 Å². The van der Waals surface area contributed by atoms with Gasteiger partial charge in [-0.25, -0.2) is 0 Å². The molecule has 0 spiro atoms. The van der Waals surface area contributed by atoms with E-state index in [2.05, 4.69) is 15.0 Å². The molecule has 1 fully saturated rings. The summed E-state index contributed by atoms with van der Waals surface area (Å²) in [5.41, 5.74) is 1.61. The molecule has 1 amide bonds. The summed E-state index contributed by atoms with van der Waals surface area (Å²) in [6.45, 7) is 6.25. The van der Waals surface area contributed by atoms with E-state index < -0.39 is 0 Å². The van der Waals surface area contributed by atoms with Gasteiger partial charge in [-0.3, -0.25) is 9.69 Å². The molecule has 164 valence electrons. The molecule has 0 radical (unpaired) electrons. The number of halogens is 1. The molecule has 0 saturated carbocycles. The first-order valence-electron chi connectivity index (χ1n) is 10.4. The summed E-state index contributed by atoms with van der Waals surface area (Å²) in [6, 6.07) is 17.1. The fourth-order valence-corrected chi connectivity index (χ4v) is 3.59. The van der Waals surface area contributed by atoms with Crippen molar-refractivity contribution in [2.24, 2.45) is 0 Å². The molecule has 1 aromatic heterocycles. The van der Waals surface area contributed by atoms with Crippen LogP contribution in [0, 0.1) is 0 Å². The average Bonchev–Trinajstić information content (AvgIpc) is 3.12. The second-order valence-electron chi connectivity index (χ2n) is 7.26. The number of hydrogen-bond donors (Lipinski definition) is 0. The van der Waals surface area contributed by atoms with Gasteiger partial charge in [0.15, 0.2) is 5.82 Å². The minimum Gasteiger partial charge on any atom is -0.494 e. The summed E-state index contributed by atoms with van der Waals surface area (Å²) in [4.78, 5) is 21.6. The molecule has 4 rings (SSSR count). The number of carbonyl (C=O) groups excluding carboxylic acids is 1. The van der Waals surface area contributed by atoms with Crippen molar-refractivity contribution < 1.29 is 14.1 Å². The van der Waals surface area contributed by atoms with E-state index in [9.17, 15) is 4.79 Å². The van der Waals surface area contributed by atoms with Gasteiger partial charge >= 0.3 is 0 Å². The van der Waals surface area contributed by atoms with E-state index >= 15 is 0 Å². The Morgan fingerprint density at radius 3 is 2.55 bits per heavy atom. The van der Waals surface area contributed by atoms with E-state index in [0.717, 1.165) is 37.4 Å². The lowest BCUT2D eigenvalue weighted by molar-refractivity contribution is 0.0761. The van der Waals surface area contributed by atoms with Crippen LogP contribution in [-0.2, 0) is 6.54 Å². The average molecular weight is 443 g/mol. The number of benzene rings is 2. The SMILES string of the molecule is CCOc1ccc(C(=O)N2CCCN(Cc3noc(-c4ccccc4)n3)CC2)cc1.Cl. The molecule has 7 nitrogen and oxygen atoms in total. The number of rotatable bonds is 6. The zero-order valence-corrected chi connectivity index (χ0v) is 18.4. The molecule has 0 aliphatic carbocycles. The smallest absolute Gasteiger partial charge is 0.257 e. The molecule has 1 aliphatic rings. The lowest BCUT2D eigenvalue weighted by atomic mass is 10.2. The van der Waals surface area contributed by atoms with E-state index in [0.29, 0.717) is 37.0 Å². The second-order valence-corrected chi connectivity index (χ2v) is 7.26. The Bertz CT molecular complexity index is 962. The van der Waals surface area contributed by atoms with E-state index in [1.54, 1.807) is 0 Å². The number of aromatic nitrogens is 2. The van der Waals surface area contributed by atoms with Gasteiger partial charge in [0.2, 0.25) is 0 Å². The van der Waals surface area contributed by atoms with Crippen LogP contribution < -0.4 is 4.74 Å². The summed E-state index contributed by atoms with van der Waals surface area (Å²) in [7, 11) is 0. The van der Waals surface area contributed by atoms with Crippen molar-refractivity contribution in [1.29, 1.82) is 0 Å². The quantitative estimate of drug-likeness (QED) is 0.576. The fourth-order valence-electron chi connectivity index (χ4n) is 3.59. The molecule has 0 N–H and O–H groups in total. The Balaban J connectivity index is 0.00000272. The minimum atomic E-state index is 0. The Kier molecular flexibility index (Phi) is 8.03. The number of hydrogen-bond acceptors (Lipinski definition) is 6. The Labute approximate surface area is 188 Å². The van der Waals surface area contributed by atoms with Crippen molar-refractivity contribution in [3.8, 4) is 17.2 Å². The van der Waals surface area contributed by atoms with Crippen LogP contribution in [0.3, 0.4) is 0 Å². The summed E-state index contributed by atoms with van der Waals surface area (Å²) >= 11 is 0. The number of nitrogens with zero attached hydrogens (tertiary/aromatic N) is 4. The monoisotopic (exact) mass is 442 g/mol. The third kappa shape index (κ3) is 5.83. The van der Waals surface area contributed by atoms with E-state index in [4.69, 9.17) is 9.26 Å². The predicted octanol–water partition coefficient (Wildman–Crippen LogP) is 3.91. The van der Waals surface area contributed by atoms with Gasteiger partial charge in [0.1, 0.15) is 5.75 Å². The van der Waals surface area contributed by atoms with E-state index in [-0.39, 0.29) is 18.3 Å². The van der Waals surface area contributed by atoms with Crippen LogP contribution in [0.4, 0.5) is 0 Å². The Hall–Kier alpha value is -2.90. The Morgan fingerprint density at radius 1 is 1.03 bits per heavy atom. The first kappa shape index (κ1) is 22.8. The molecule has 1 aliphatic heterocycles. The van der Waals surface area contributed by atoms with Gasteiger partial charge in [0.25, 0.3) is 11.8 Å². The first-order valence-corrected chi connectivity index (χ1v) is 10.4. The molecule has 8 heteroatoms. The maximum Gasteiger partial charge on any atom is 0.257 e. The summed E-state index contributed by atoms with van der Waals surface area (Å²) < 4.78 is 10.9. The van der Waals surface area contributed by atoms with Crippen molar-refractivity contribution in [1.82, 2.24) is 19.9 Å². The van der Waals surface area contributed by atoms with Crippen LogP contribution in [0.15, 0.2) is 59.1 Å². The van der Waals surface area contributed by atoms with E-state index in [1.165, 1.54) is 0 Å². The van der Waals surface area contributed by atoms with Gasteiger partial charge < -0.3 is 14.2 Å². The van der Waals surface area contributed by atoms with Gasteiger partial charge in [-0.2, -0.15) is 4.98 Å². The van der Waals surface area contributed by atoms with Crippen LogP contribution in [-0.4, -0.2) is 58.6 Å². The van der Waals surface area contributed by atoms with Crippen molar-refractivity contribution >= 4 is 18.3 Å². The molecule has 0 atom stereocenters. The lowest BCUT2D eigenvalue weighted by Crippen LogP contribution is -2.35. The van der Waals surface area contributed by atoms with Gasteiger partial charge in [-0.1, -0.05) is 23.4 Å². The summed E-state index contributed by atoms with van der Waals surface area (Å²) in [5.74, 6) is 2.05. The Morgan fingerprint density at radius 2 is 1.81 bits per heavy atom. The highest BCUT2D eigenvalue weighted by molar-refractivity contribution is 5.94. The molecule has 0 unspecified atom stereocenters. The molecule has 2 aromatic carbocycles. The number of amides is 1. The molecule has 2 heterocycles. The molecular weight excluding hydrogens is 416 g/mol. The van der Waals surface area contributed by atoms with Crippen LogP contribution in [0.25, 0.3) is 11.5 Å². The van der Waals surface area contributed by atoms with Crippen LogP contribution in [0.2, 0.25) is 0 Å². The highest BCUT2D eigenvalue weighted by Gasteiger charge is 2.21. The van der Waals surface area contributed by atoms with Gasteiger partial charge in [0.05, 0.1) is 13.2 Å². The molecular formula is C23H27ClN4O3. The van der Waals surface area contributed by atoms with Gasteiger partial charge in [0, 0.05) is 37.3 Å². The van der Waals surface area contributed by atoms with Crippen LogP contribution in [0.1, 0.15) is 29.5 Å². The number of ether oxygens (including phenoxy) is 1. The zero-order valence-electron chi connectivity index (χ0n) is 17.6. The molecule has 31 heavy (non-hydrogen) atoms. The second kappa shape index (κ2) is 10.9. The maximum atomic E-state index is 12.9. The predicted molar refractivity (Wildman–Crippen MR) is 120 cm³/mol. The van der Waals surface area contributed by atoms with Crippen molar-refractivity contribution in [2.45, 2.75) is 19.9 Å². The first-order chi connectivity index (χ1) is 14.7. The van der Waals surface area contributed by atoms with Gasteiger partial charge in [-0.15, -0.1) is 12.4 Å². The third-order valence-electron chi connectivity index (χ3n) is 5.14. The van der Waals surface area contributed by atoms with Crippen LogP contribution >= 0.6 is 12.4 Å². The third-order valence-corrected chi connectivity index (χ3v) is 5.14. The highest BCUT2D eigenvalue weighted by Crippen LogP contribution is 2.18. The largest absolute Gasteiger partial charge is 0.494 e. The molecule has 0 bridgehead atoms. The van der Waals surface area contributed by atoms with Crippen molar-refractivity contribution in [3.63, 3.8) is 0 Å². The molecule has 1 saturated heterocycles. The molecule has 3 aromatic rings. The fraction of sp³-hybridized carbons (Fsp3) is 0.348. The summed E-state index contributed by atoms with van der Waals surface area (Å²) in [6.07, 6.45) is 0.909. The summed E-state index contributed by atoms with van der Waals surface area (Å²) in [5, 5.41) is 4.12. The maximum absolute atomic E-state index is 12.9. The van der Waals surface area contributed by atoms with Crippen molar-refractivity contribution in [3.05, 3.63) is 66.0 Å². The lowest BCUT2D eigenvalue weighted by Gasteiger charge is -2.21. The standard InChI is InChI=1S/C23H26N4O3.ClH/c1-2-29-20-11-9-19(10-12-20)23(28)27-14-6-13-26(15-16-27)17-21-24-22(30-25-21)18-7-4-3-5-8-18;/h3-5,7-12H,2,6,13-17H2,1H3;1H. The van der Waals surface area contributed by atoms with Crippen molar-refractivity contribution in [2.75, 3.05) is 32.8 Å². The number of carbonyl (C=O) groups is 1. The highest BCUT2D eigenvalue weighted by atomic mass is 35.5.